The molecule has 0 fully saturated rings. The summed E-state index contributed by atoms with van der Waals surface area (Å²) in [5.41, 5.74) is -0.715. The van der Waals surface area contributed by atoms with Crippen LogP contribution in [0.15, 0.2) is 24.3 Å². The standard InChI is InChI=1S/C24H42O2/c1-4-6-7-8-9-10-11-12-13-14-16-19-23(5-2)26-24(22(3)25)20-17-15-18-21-24/h15,17-18,20,23H,4-14,16,19,21H2,1-3H3. The van der Waals surface area contributed by atoms with Crippen LogP contribution in [0.5, 0.6) is 0 Å². The van der Waals surface area contributed by atoms with Crippen LogP contribution >= 0.6 is 0 Å². The van der Waals surface area contributed by atoms with Crippen molar-refractivity contribution in [2.45, 2.75) is 122 Å². The Labute approximate surface area is 162 Å². The first-order valence-corrected chi connectivity index (χ1v) is 11.2. The Bertz CT molecular complexity index is 424. The molecule has 26 heavy (non-hydrogen) atoms. The molecule has 2 unspecified atom stereocenters. The van der Waals surface area contributed by atoms with E-state index in [4.69, 9.17) is 4.74 Å². The summed E-state index contributed by atoms with van der Waals surface area (Å²) in [5.74, 6) is 0.121. The van der Waals surface area contributed by atoms with Gasteiger partial charge in [-0.05, 0) is 25.8 Å². The van der Waals surface area contributed by atoms with Crippen LogP contribution in [0, 0.1) is 0 Å². The van der Waals surface area contributed by atoms with Crippen LogP contribution < -0.4 is 0 Å². The highest BCUT2D eigenvalue weighted by atomic mass is 16.5. The van der Waals surface area contributed by atoms with Gasteiger partial charge in [0.25, 0.3) is 0 Å². The molecule has 2 nitrogen and oxygen atoms in total. The molecule has 1 aliphatic rings. The van der Waals surface area contributed by atoms with Crippen LogP contribution in [-0.2, 0) is 9.53 Å². The predicted molar refractivity (Wildman–Crippen MR) is 113 cm³/mol. The molecule has 0 amide bonds. The molecule has 1 rings (SSSR count). The van der Waals surface area contributed by atoms with Crippen molar-refractivity contribution in [3.63, 3.8) is 0 Å². The first-order valence-electron chi connectivity index (χ1n) is 11.2. The van der Waals surface area contributed by atoms with E-state index >= 15 is 0 Å². The van der Waals surface area contributed by atoms with E-state index in [0.717, 1.165) is 12.8 Å². The summed E-state index contributed by atoms with van der Waals surface area (Å²) in [6, 6.07) is 0. The van der Waals surface area contributed by atoms with Crippen molar-refractivity contribution in [1.82, 2.24) is 0 Å². The average molecular weight is 363 g/mol. The number of rotatable bonds is 16. The fourth-order valence-electron chi connectivity index (χ4n) is 3.71. The van der Waals surface area contributed by atoms with Crippen molar-refractivity contribution in [3.8, 4) is 0 Å². The highest BCUT2D eigenvalue weighted by Gasteiger charge is 2.35. The molecule has 1 aliphatic carbocycles. The van der Waals surface area contributed by atoms with Gasteiger partial charge in [0.15, 0.2) is 5.78 Å². The molecule has 0 aromatic carbocycles. The van der Waals surface area contributed by atoms with Crippen LogP contribution in [0.2, 0.25) is 0 Å². The molecule has 0 bridgehead atoms. The largest absolute Gasteiger partial charge is 0.360 e. The van der Waals surface area contributed by atoms with Crippen molar-refractivity contribution in [2.75, 3.05) is 0 Å². The van der Waals surface area contributed by atoms with Crippen LogP contribution in [-0.4, -0.2) is 17.5 Å². The highest BCUT2D eigenvalue weighted by molar-refractivity contribution is 5.87. The lowest BCUT2D eigenvalue weighted by atomic mass is 9.90. The molecule has 0 spiro atoms. The van der Waals surface area contributed by atoms with E-state index in [9.17, 15) is 4.79 Å². The Balaban J connectivity index is 2.12. The minimum atomic E-state index is -0.715. The average Bonchev–Trinajstić information content (AvgIpc) is 2.65. The lowest BCUT2D eigenvalue weighted by Gasteiger charge is -2.33. The maximum atomic E-state index is 12.1. The summed E-state index contributed by atoms with van der Waals surface area (Å²) in [6.07, 6.45) is 25.8. The molecule has 0 saturated heterocycles. The van der Waals surface area contributed by atoms with Crippen molar-refractivity contribution in [2.24, 2.45) is 0 Å². The van der Waals surface area contributed by atoms with Crippen molar-refractivity contribution >= 4 is 5.78 Å². The minimum Gasteiger partial charge on any atom is -0.360 e. The topological polar surface area (TPSA) is 26.3 Å². The Morgan fingerprint density at radius 3 is 1.96 bits per heavy atom. The molecule has 150 valence electrons. The van der Waals surface area contributed by atoms with E-state index in [2.05, 4.69) is 13.8 Å². The van der Waals surface area contributed by atoms with Crippen LogP contribution in [0.1, 0.15) is 111 Å². The zero-order valence-corrected chi connectivity index (χ0v) is 17.6. The zero-order valence-electron chi connectivity index (χ0n) is 17.6. The molecule has 0 aromatic heterocycles. The van der Waals surface area contributed by atoms with Gasteiger partial charge in [0.1, 0.15) is 5.60 Å². The maximum absolute atomic E-state index is 12.1. The quantitative estimate of drug-likeness (QED) is 0.269. The lowest BCUT2D eigenvalue weighted by Crippen LogP contribution is -2.41. The van der Waals surface area contributed by atoms with Crippen molar-refractivity contribution in [1.29, 1.82) is 0 Å². The normalized spacial score (nSPS) is 20.4. The van der Waals surface area contributed by atoms with Crippen molar-refractivity contribution in [3.05, 3.63) is 24.3 Å². The van der Waals surface area contributed by atoms with Gasteiger partial charge in [-0.2, -0.15) is 0 Å². The SMILES string of the molecule is CCCCCCCCCCCCCC(CC)OC1(C(C)=O)C=CC=CC1. The van der Waals surface area contributed by atoms with Gasteiger partial charge in [-0.15, -0.1) is 0 Å². The molecule has 2 atom stereocenters. The summed E-state index contributed by atoms with van der Waals surface area (Å²) in [7, 11) is 0. The number of hydrogen-bond donors (Lipinski definition) is 0. The van der Waals surface area contributed by atoms with Crippen LogP contribution in [0.25, 0.3) is 0 Å². The smallest absolute Gasteiger partial charge is 0.165 e. The Hall–Kier alpha value is -0.890. The van der Waals surface area contributed by atoms with E-state index in [1.165, 1.54) is 70.6 Å². The van der Waals surface area contributed by atoms with Crippen LogP contribution in [0.3, 0.4) is 0 Å². The number of Topliss-reactive ketones (excluding diaryl/α,β-unsaturated/α-hetero) is 1. The minimum absolute atomic E-state index is 0.121. The van der Waals surface area contributed by atoms with Gasteiger partial charge in [-0.1, -0.05) is 103 Å². The summed E-state index contributed by atoms with van der Waals surface area (Å²) >= 11 is 0. The van der Waals surface area contributed by atoms with E-state index in [1.807, 2.05) is 24.3 Å². The first-order chi connectivity index (χ1) is 12.6. The molecular formula is C24H42O2. The van der Waals surface area contributed by atoms with Gasteiger partial charge in [-0.25, -0.2) is 0 Å². The Kier molecular flexibility index (Phi) is 12.6. The summed E-state index contributed by atoms with van der Waals surface area (Å²) < 4.78 is 6.29. The number of hydrogen-bond acceptors (Lipinski definition) is 2. The van der Waals surface area contributed by atoms with E-state index in [-0.39, 0.29) is 11.9 Å². The molecule has 0 radical (unpaired) electrons. The number of carbonyl (C=O) groups excluding carboxylic acids is 1. The number of allylic oxidation sites excluding steroid dienone is 2. The molecule has 0 N–H and O–H groups in total. The number of carbonyl (C=O) groups is 1. The van der Waals surface area contributed by atoms with E-state index < -0.39 is 5.60 Å². The highest BCUT2D eigenvalue weighted by Crippen LogP contribution is 2.28. The summed E-state index contributed by atoms with van der Waals surface area (Å²) in [5, 5.41) is 0. The third-order valence-electron chi connectivity index (χ3n) is 5.59. The van der Waals surface area contributed by atoms with Gasteiger partial charge in [0.2, 0.25) is 0 Å². The third kappa shape index (κ3) is 9.16. The molecule has 0 heterocycles. The molecule has 2 heteroatoms. The van der Waals surface area contributed by atoms with Gasteiger partial charge in [0.05, 0.1) is 6.10 Å². The number of ether oxygens (including phenoxy) is 1. The van der Waals surface area contributed by atoms with Gasteiger partial charge in [0, 0.05) is 6.42 Å². The second-order valence-electron chi connectivity index (χ2n) is 7.91. The fraction of sp³-hybridized carbons (Fsp3) is 0.792. The van der Waals surface area contributed by atoms with Gasteiger partial charge >= 0.3 is 0 Å². The summed E-state index contributed by atoms with van der Waals surface area (Å²) in [4.78, 5) is 12.1. The Morgan fingerprint density at radius 1 is 0.923 bits per heavy atom. The zero-order chi connectivity index (χ0) is 19.1. The monoisotopic (exact) mass is 362 g/mol. The number of unbranched alkanes of at least 4 members (excludes halogenated alkanes) is 10. The first kappa shape index (κ1) is 23.1. The van der Waals surface area contributed by atoms with Gasteiger partial charge < -0.3 is 4.74 Å². The second-order valence-corrected chi connectivity index (χ2v) is 7.91. The molecular weight excluding hydrogens is 320 g/mol. The van der Waals surface area contributed by atoms with E-state index in [1.54, 1.807) is 6.92 Å². The van der Waals surface area contributed by atoms with Crippen LogP contribution in [0.4, 0.5) is 0 Å². The fourth-order valence-corrected chi connectivity index (χ4v) is 3.71. The Morgan fingerprint density at radius 2 is 1.50 bits per heavy atom. The van der Waals surface area contributed by atoms with Crippen molar-refractivity contribution < 1.29 is 9.53 Å². The lowest BCUT2D eigenvalue weighted by molar-refractivity contribution is -0.143. The molecule has 0 aliphatic heterocycles. The maximum Gasteiger partial charge on any atom is 0.165 e. The number of ketones is 1. The van der Waals surface area contributed by atoms with Gasteiger partial charge in [-0.3, -0.25) is 4.79 Å². The summed E-state index contributed by atoms with van der Waals surface area (Å²) in [6.45, 7) is 6.09. The predicted octanol–water partition coefficient (Wildman–Crippen LogP) is 7.33. The van der Waals surface area contributed by atoms with E-state index in [0.29, 0.717) is 6.42 Å². The second kappa shape index (κ2) is 14.2. The molecule has 0 saturated carbocycles. The molecule has 0 aromatic rings. The third-order valence-corrected chi connectivity index (χ3v) is 5.59.